The number of nitrogens with one attached hydrogen (secondary N) is 1. The minimum atomic E-state index is -0.947. The van der Waals surface area contributed by atoms with Crippen LogP contribution in [-0.4, -0.2) is 57.2 Å². The molecule has 0 spiro atoms. The Balaban J connectivity index is 0.00000256. The van der Waals surface area contributed by atoms with Gasteiger partial charge in [0.25, 0.3) is 5.56 Å². The molecular weight excluding hydrogens is 433 g/mol. The van der Waals surface area contributed by atoms with E-state index in [0.717, 1.165) is 0 Å². The Hall–Kier alpha value is -2.33. The van der Waals surface area contributed by atoms with Crippen LogP contribution in [0, 0.1) is 0 Å². The molecular formula is C19H23Cl2N5O4. The summed E-state index contributed by atoms with van der Waals surface area (Å²) < 4.78 is 13.4. The van der Waals surface area contributed by atoms with Crippen LogP contribution in [0.3, 0.4) is 0 Å². The Labute approximate surface area is 184 Å². The standard InChI is InChI=1S/C19H22ClN5O4.ClH/c1-28-13-4-3-12(9-14(13)29-2)15-16(20)23-17-18(26)24(11-22-25(15)17)10-19(27)5-7-21-8-6-19;/h3-4,9,11,21,27H,5-8,10H2,1-2H3;1H. The van der Waals surface area contributed by atoms with Gasteiger partial charge in [0, 0.05) is 5.56 Å². The molecule has 11 heteroatoms. The molecule has 3 aromatic rings. The van der Waals surface area contributed by atoms with Crippen molar-refractivity contribution in [3.8, 4) is 22.8 Å². The number of hydrogen-bond acceptors (Lipinski definition) is 7. The van der Waals surface area contributed by atoms with Gasteiger partial charge in [0.2, 0.25) is 5.65 Å². The highest BCUT2D eigenvalue weighted by atomic mass is 35.5. The largest absolute Gasteiger partial charge is 0.493 e. The molecule has 1 aliphatic heterocycles. The van der Waals surface area contributed by atoms with Crippen molar-refractivity contribution in [1.29, 1.82) is 0 Å². The quantitative estimate of drug-likeness (QED) is 0.603. The van der Waals surface area contributed by atoms with Gasteiger partial charge < -0.3 is 19.9 Å². The highest BCUT2D eigenvalue weighted by Gasteiger charge is 2.30. The predicted octanol–water partition coefficient (Wildman–Crippen LogP) is 1.76. The van der Waals surface area contributed by atoms with E-state index >= 15 is 0 Å². The summed E-state index contributed by atoms with van der Waals surface area (Å²) in [5, 5.41) is 18.5. The van der Waals surface area contributed by atoms with Crippen LogP contribution >= 0.6 is 24.0 Å². The van der Waals surface area contributed by atoms with Gasteiger partial charge in [-0.25, -0.2) is 9.50 Å². The second-order valence-electron chi connectivity index (χ2n) is 7.09. The van der Waals surface area contributed by atoms with Crippen molar-refractivity contribution in [1.82, 2.24) is 24.5 Å². The zero-order valence-electron chi connectivity index (χ0n) is 16.6. The highest BCUT2D eigenvalue weighted by molar-refractivity contribution is 6.32. The van der Waals surface area contributed by atoms with Crippen LogP contribution in [0.4, 0.5) is 0 Å². The number of methoxy groups -OCH3 is 2. The second-order valence-corrected chi connectivity index (χ2v) is 7.45. The van der Waals surface area contributed by atoms with Crippen molar-refractivity contribution in [2.75, 3.05) is 27.3 Å². The third kappa shape index (κ3) is 3.98. The lowest BCUT2D eigenvalue weighted by molar-refractivity contribution is -0.00643. The van der Waals surface area contributed by atoms with Crippen LogP contribution < -0.4 is 20.3 Å². The maximum atomic E-state index is 13.0. The Kier molecular flexibility index (Phi) is 6.56. The van der Waals surface area contributed by atoms with Crippen LogP contribution in [-0.2, 0) is 6.54 Å². The lowest BCUT2D eigenvalue weighted by Crippen LogP contribution is -2.46. The van der Waals surface area contributed by atoms with Crippen LogP contribution in [0.15, 0.2) is 29.3 Å². The minimum Gasteiger partial charge on any atom is -0.493 e. The summed E-state index contributed by atoms with van der Waals surface area (Å²) in [6, 6.07) is 5.29. The van der Waals surface area contributed by atoms with E-state index in [0.29, 0.717) is 48.7 Å². The molecule has 0 bridgehead atoms. The molecule has 3 heterocycles. The monoisotopic (exact) mass is 455 g/mol. The summed E-state index contributed by atoms with van der Waals surface area (Å²) in [6.07, 6.45) is 2.55. The van der Waals surface area contributed by atoms with Gasteiger partial charge in [-0.15, -0.1) is 12.4 Å². The molecule has 9 nitrogen and oxygen atoms in total. The van der Waals surface area contributed by atoms with Gasteiger partial charge >= 0.3 is 0 Å². The first kappa shape index (κ1) is 22.4. The lowest BCUT2D eigenvalue weighted by atomic mass is 9.92. The molecule has 2 N–H and O–H groups in total. The number of nitrogens with zero attached hydrogens (tertiary/aromatic N) is 4. The number of halogens is 2. The number of benzene rings is 1. The van der Waals surface area contributed by atoms with E-state index in [-0.39, 0.29) is 35.3 Å². The number of aliphatic hydroxyl groups is 1. The van der Waals surface area contributed by atoms with Crippen molar-refractivity contribution >= 4 is 29.7 Å². The van der Waals surface area contributed by atoms with Crippen LogP contribution in [0.5, 0.6) is 11.5 Å². The minimum absolute atomic E-state index is 0. The zero-order valence-corrected chi connectivity index (χ0v) is 18.2. The number of piperidine rings is 1. The molecule has 162 valence electrons. The Morgan fingerprint density at radius 3 is 2.60 bits per heavy atom. The van der Waals surface area contributed by atoms with Gasteiger partial charge in [0.05, 0.1) is 26.4 Å². The van der Waals surface area contributed by atoms with Crippen molar-refractivity contribution in [2.45, 2.75) is 25.0 Å². The van der Waals surface area contributed by atoms with E-state index in [1.54, 1.807) is 32.4 Å². The van der Waals surface area contributed by atoms with Crippen molar-refractivity contribution in [3.05, 3.63) is 40.0 Å². The van der Waals surface area contributed by atoms with Crippen LogP contribution in [0.2, 0.25) is 5.15 Å². The normalized spacial score (nSPS) is 15.6. The first-order chi connectivity index (χ1) is 14.0. The Morgan fingerprint density at radius 1 is 1.23 bits per heavy atom. The lowest BCUT2D eigenvalue weighted by Gasteiger charge is -2.32. The van der Waals surface area contributed by atoms with Gasteiger partial charge in [-0.05, 0) is 44.1 Å². The summed E-state index contributed by atoms with van der Waals surface area (Å²) in [4.78, 5) is 17.2. The summed E-state index contributed by atoms with van der Waals surface area (Å²) in [5.74, 6) is 1.10. The number of rotatable bonds is 5. The van der Waals surface area contributed by atoms with Gasteiger partial charge in [-0.2, -0.15) is 5.10 Å². The maximum Gasteiger partial charge on any atom is 0.297 e. The van der Waals surface area contributed by atoms with E-state index in [1.807, 2.05) is 0 Å². The van der Waals surface area contributed by atoms with Crippen LogP contribution in [0.25, 0.3) is 16.9 Å². The third-order valence-corrected chi connectivity index (χ3v) is 5.49. The smallest absolute Gasteiger partial charge is 0.297 e. The van der Waals surface area contributed by atoms with Gasteiger partial charge in [0.1, 0.15) is 12.0 Å². The molecule has 1 aliphatic rings. The fourth-order valence-electron chi connectivity index (χ4n) is 3.64. The SMILES string of the molecule is COc1ccc(-c2c(Cl)nc3c(=O)n(CC4(O)CCNCC4)cnn23)cc1OC.Cl. The van der Waals surface area contributed by atoms with Crippen molar-refractivity contribution in [2.24, 2.45) is 0 Å². The molecule has 0 amide bonds. The highest BCUT2D eigenvalue weighted by Crippen LogP contribution is 2.35. The van der Waals surface area contributed by atoms with Crippen molar-refractivity contribution < 1.29 is 14.6 Å². The van der Waals surface area contributed by atoms with Gasteiger partial charge in [0.15, 0.2) is 16.7 Å². The first-order valence-corrected chi connectivity index (χ1v) is 9.63. The molecule has 1 fully saturated rings. The summed E-state index contributed by atoms with van der Waals surface area (Å²) in [7, 11) is 3.10. The topological polar surface area (TPSA) is 103 Å². The number of hydrogen-bond donors (Lipinski definition) is 2. The molecule has 2 aromatic heterocycles. The molecule has 0 saturated carbocycles. The molecule has 0 aliphatic carbocycles. The molecule has 30 heavy (non-hydrogen) atoms. The predicted molar refractivity (Wildman–Crippen MR) is 115 cm³/mol. The van der Waals surface area contributed by atoms with Gasteiger partial charge in [-0.3, -0.25) is 9.36 Å². The van der Waals surface area contributed by atoms with Gasteiger partial charge in [-0.1, -0.05) is 11.6 Å². The van der Waals surface area contributed by atoms with E-state index < -0.39 is 5.60 Å². The third-order valence-electron chi connectivity index (χ3n) is 5.23. The summed E-state index contributed by atoms with van der Waals surface area (Å²) >= 11 is 6.37. The molecule has 1 saturated heterocycles. The molecule has 4 rings (SSSR count). The number of ether oxygens (including phenoxy) is 2. The fraction of sp³-hybridized carbons (Fsp3) is 0.421. The average Bonchev–Trinajstić information content (AvgIpc) is 3.06. The average molecular weight is 456 g/mol. The summed E-state index contributed by atoms with van der Waals surface area (Å²) in [5.41, 5.74) is -0.0489. The Bertz CT molecular complexity index is 1110. The van der Waals surface area contributed by atoms with E-state index in [1.165, 1.54) is 15.4 Å². The number of aromatic nitrogens is 4. The number of fused-ring (bicyclic) bond motifs is 1. The Morgan fingerprint density at radius 2 is 1.93 bits per heavy atom. The number of imidazole rings is 1. The molecule has 0 unspecified atom stereocenters. The fourth-order valence-corrected chi connectivity index (χ4v) is 3.91. The first-order valence-electron chi connectivity index (χ1n) is 9.25. The molecule has 0 radical (unpaired) electrons. The van der Waals surface area contributed by atoms with E-state index in [9.17, 15) is 9.90 Å². The zero-order chi connectivity index (χ0) is 20.6. The molecule has 1 aromatic carbocycles. The van der Waals surface area contributed by atoms with Crippen molar-refractivity contribution in [3.63, 3.8) is 0 Å². The second kappa shape index (κ2) is 8.81. The van der Waals surface area contributed by atoms with Crippen LogP contribution in [0.1, 0.15) is 12.8 Å². The summed E-state index contributed by atoms with van der Waals surface area (Å²) in [6.45, 7) is 1.58. The maximum absolute atomic E-state index is 13.0. The van der Waals surface area contributed by atoms with E-state index in [2.05, 4.69) is 15.4 Å². The van der Waals surface area contributed by atoms with E-state index in [4.69, 9.17) is 21.1 Å². The molecule has 0 atom stereocenters.